The minimum absolute atomic E-state index is 0.109. The van der Waals surface area contributed by atoms with E-state index in [1.165, 1.54) is 0 Å². The minimum atomic E-state index is -0.234. The lowest BCUT2D eigenvalue weighted by Crippen LogP contribution is -2.50. The Hall–Kier alpha value is -2.77. The topological polar surface area (TPSA) is 81.8 Å². The van der Waals surface area contributed by atoms with Crippen LogP contribution >= 0.6 is 23.2 Å². The number of hydrogen-bond acceptors (Lipinski definition) is 3. The number of amides is 4. The largest absolute Gasteiger partial charge is 0.335 e. The van der Waals surface area contributed by atoms with Crippen molar-refractivity contribution in [2.24, 2.45) is 0 Å². The van der Waals surface area contributed by atoms with Gasteiger partial charge < -0.3 is 20.4 Å². The van der Waals surface area contributed by atoms with Crippen molar-refractivity contribution in [2.45, 2.75) is 18.9 Å². The molecule has 9 heteroatoms. The van der Waals surface area contributed by atoms with E-state index in [4.69, 9.17) is 23.2 Å². The van der Waals surface area contributed by atoms with E-state index in [0.29, 0.717) is 48.0 Å². The van der Waals surface area contributed by atoms with E-state index in [9.17, 15) is 14.4 Å². The highest BCUT2D eigenvalue weighted by atomic mass is 35.5. The van der Waals surface area contributed by atoms with Crippen LogP contribution in [0.3, 0.4) is 0 Å². The molecule has 4 amide bonds. The van der Waals surface area contributed by atoms with Crippen LogP contribution in [0.4, 0.5) is 10.5 Å². The van der Waals surface area contributed by atoms with Gasteiger partial charge >= 0.3 is 6.03 Å². The molecule has 0 spiro atoms. The number of piperazine rings is 1. The van der Waals surface area contributed by atoms with E-state index in [0.717, 1.165) is 12.8 Å². The van der Waals surface area contributed by atoms with Crippen LogP contribution < -0.4 is 10.6 Å². The van der Waals surface area contributed by atoms with E-state index in [2.05, 4.69) is 10.6 Å². The maximum absolute atomic E-state index is 12.8. The minimum Gasteiger partial charge on any atom is -0.335 e. The summed E-state index contributed by atoms with van der Waals surface area (Å²) in [5.41, 5.74) is 1.53. The molecule has 1 heterocycles. The third kappa shape index (κ3) is 5.11. The number of anilines is 1. The van der Waals surface area contributed by atoms with Crippen molar-refractivity contribution in [1.82, 2.24) is 15.1 Å². The van der Waals surface area contributed by atoms with E-state index in [1.54, 1.807) is 52.3 Å². The number of rotatable bonds is 4. The van der Waals surface area contributed by atoms with Gasteiger partial charge in [-0.2, -0.15) is 0 Å². The number of nitrogens with one attached hydrogen (secondary N) is 2. The van der Waals surface area contributed by atoms with Crippen LogP contribution in [-0.2, 0) is 0 Å². The summed E-state index contributed by atoms with van der Waals surface area (Å²) in [4.78, 5) is 40.8. The van der Waals surface area contributed by atoms with Crippen LogP contribution in [0.1, 0.15) is 33.6 Å². The van der Waals surface area contributed by atoms with Gasteiger partial charge in [-0.05, 0) is 49.2 Å². The van der Waals surface area contributed by atoms with Gasteiger partial charge in [-0.3, -0.25) is 9.59 Å². The van der Waals surface area contributed by atoms with Gasteiger partial charge in [0, 0.05) is 43.5 Å². The van der Waals surface area contributed by atoms with Gasteiger partial charge in [0.05, 0.1) is 15.6 Å². The number of halogens is 2. The number of carbonyl (C=O) groups is 3. The fourth-order valence-corrected chi connectivity index (χ4v) is 3.79. The average Bonchev–Trinajstić information content (AvgIpc) is 3.59. The predicted molar refractivity (Wildman–Crippen MR) is 120 cm³/mol. The lowest BCUT2D eigenvalue weighted by molar-refractivity contribution is 0.0535. The molecule has 0 radical (unpaired) electrons. The Labute approximate surface area is 190 Å². The monoisotopic (exact) mass is 460 g/mol. The Morgan fingerprint density at radius 1 is 0.839 bits per heavy atom. The molecule has 2 aromatic carbocycles. The maximum Gasteiger partial charge on any atom is 0.319 e. The molecule has 1 saturated carbocycles. The molecule has 2 N–H and O–H groups in total. The third-order valence-corrected chi connectivity index (χ3v) is 6.16. The van der Waals surface area contributed by atoms with Crippen LogP contribution in [-0.4, -0.2) is 59.9 Å². The van der Waals surface area contributed by atoms with E-state index in [1.807, 2.05) is 0 Å². The molecule has 0 aromatic heterocycles. The molecule has 1 aliphatic carbocycles. The molecule has 162 valence electrons. The van der Waals surface area contributed by atoms with Crippen molar-refractivity contribution in [2.75, 3.05) is 31.5 Å². The summed E-state index contributed by atoms with van der Waals surface area (Å²) >= 11 is 12.2. The Morgan fingerprint density at radius 3 is 2.06 bits per heavy atom. The fourth-order valence-electron chi connectivity index (χ4n) is 3.41. The highest BCUT2D eigenvalue weighted by Crippen LogP contribution is 2.27. The number of hydrogen-bond donors (Lipinski definition) is 2. The molecule has 31 heavy (non-hydrogen) atoms. The summed E-state index contributed by atoms with van der Waals surface area (Å²) in [6, 6.07) is 11.8. The molecule has 2 fully saturated rings. The quantitative estimate of drug-likeness (QED) is 0.726. The van der Waals surface area contributed by atoms with Crippen LogP contribution in [0.5, 0.6) is 0 Å². The van der Waals surface area contributed by atoms with Crippen LogP contribution in [0.15, 0.2) is 42.5 Å². The van der Waals surface area contributed by atoms with Gasteiger partial charge in [-0.25, -0.2) is 4.79 Å². The van der Waals surface area contributed by atoms with E-state index >= 15 is 0 Å². The molecule has 1 aliphatic heterocycles. The molecule has 0 unspecified atom stereocenters. The molecule has 0 atom stereocenters. The van der Waals surface area contributed by atoms with Crippen LogP contribution in [0.25, 0.3) is 0 Å². The molecule has 1 saturated heterocycles. The van der Waals surface area contributed by atoms with Gasteiger partial charge in [-0.15, -0.1) is 0 Å². The summed E-state index contributed by atoms with van der Waals surface area (Å²) < 4.78 is 0. The zero-order chi connectivity index (χ0) is 22.0. The van der Waals surface area contributed by atoms with Gasteiger partial charge in [0.2, 0.25) is 0 Å². The maximum atomic E-state index is 12.8. The van der Waals surface area contributed by atoms with Gasteiger partial charge in [0.25, 0.3) is 11.8 Å². The Kier molecular flexibility index (Phi) is 6.34. The number of nitrogens with zero attached hydrogens (tertiary/aromatic N) is 2. The second-order valence-electron chi connectivity index (χ2n) is 7.64. The zero-order valence-electron chi connectivity index (χ0n) is 16.7. The van der Waals surface area contributed by atoms with E-state index < -0.39 is 0 Å². The van der Waals surface area contributed by atoms with Crippen molar-refractivity contribution in [3.8, 4) is 0 Å². The Bertz CT molecular complexity index is 1000. The first-order valence-electron chi connectivity index (χ1n) is 10.1. The van der Waals surface area contributed by atoms with Gasteiger partial charge in [-0.1, -0.05) is 29.3 Å². The number of benzene rings is 2. The molecule has 2 aliphatic rings. The number of urea groups is 1. The van der Waals surface area contributed by atoms with Crippen molar-refractivity contribution in [3.63, 3.8) is 0 Å². The lowest BCUT2D eigenvalue weighted by atomic mass is 10.1. The zero-order valence-corrected chi connectivity index (χ0v) is 18.2. The molecule has 2 aromatic rings. The summed E-state index contributed by atoms with van der Waals surface area (Å²) in [6.45, 7) is 1.67. The van der Waals surface area contributed by atoms with Crippen molar-refractivity contribution >= 4 is 46.7 Å². The summed E-state index contributed by atoms with van der Waals surface area (Å²) in [6.07, 6.45) is 2.04. The SMILES string of the molecule is O=C(Nc1ccc(C(=O)N2CCN(C(=O)c3cccc(Cl)c3Cl)CC2)cc1)NC1CC1. The first-order valence-corrected chi connectivity index (χ1v) is 10.9. The van der Waals surface area contributed by atoms with Gasteiger partial charge in [0.15, 0.2) is 0 Å². The normalized spacial score (nSPS) is 16.1. The average molecular weight is 461 g/mol. The first-order chi connectivity index (χ1) is 14.9. The molecule has 7 nitrogen and oxygen atoms in total. The molecular formula is C22H22Cl2N4O3. The lowest BCUT2D eigenvalue weighted by Gasteiger charge is -2.35. The molecular weight excluding hydrogens is 439 g/mol. The summed E-state index contributed by atoms with van der Waals surface area (Å²) in [7, 11) is 0. The predicted octanol–water partition coefficient (Wildman–Crippen LogP) is 3.88. The summed E-state index contributed by atoms with van der Waals surface area (Å²) in [5.74, 6) is -0.304. The standard InChI is InChI=1S/C22H22Cl2N4O3/c23-18-3-1-2-17(19(18)24)21(30)28-12-10-27(11-13-28)20(29)14-4-6-15(7-5-14)25-22(31)26-16-8-9-16/h1-7,16H,8-13H2,(H2,25,26,31). The summed E-state index contributed by atoms with van der Waals surface area (Å²) in [5, 5.41) is 6.19. The Balaban J connectivity index is 1.32. The first kappa shape index (κ1) is 21.5. The second-order valence-corrected chi connectivity index (χ2v) is 8.42. The van der Waals surface area contributed by atoms with Gasteiger partial charge in [0.1, 0.15) is 0 Å². The van der Waals surface area contributed by atoms with E-state index in [-0.39, 0.29) is 28.9 Å². The van der Waals surface area contributed by atoms with Crippen LogP contribution in [0.2, 0.25) is 10.0 Å². The number of carbonyl (C=O) groups excluding carboxylic acids is 3. The van der Waals surface area contributed by atoms with Crippen molar-refractivity contribution < 1.29 is 14.4 Å². The smallest absolute Gasteiger partial charge is 0.319 e. The van der Waals surface area contributed by atoms with Crippen LogP contribution in [0, 0.1) is 0 Å². The van der Waals surface area contributed by atoms with Crippen molar-refractivity contribution in [1.29, 1.82) is 0 Å². The molecule has 4 rings (SSSR count). The highest BCUT2D eigenvalue weighted by Gasteiger charge is 2.27. The Morgan fingerprint density at radius 2 is 1.45 bits per heavy atom. The highest BCUT2D eigenvalue weighted by molar-refractivity contribution is 6.43. The molecule has 0 bridgehead atoms. The third-order valence-electron chi connectivity index (χ3n) is 5.34. The second kappa shape index (κ2) is 9.16. The fraction of sp³-hybridized carbons (Fsp3) is 0.318. The van der Waals surface area contributed by atoms with Crippen molar-refractivity contribution in [3.05, 3.63) is 63.6 Å².